The molecule has 14 heavy (non-hydrogen) atoms. The Hall–Kier alpha value is -0.620. The van der Waals surface area contributed by atoms with Gasteiger partial charge in [0.15, 0.2) is 0 Å². The molecule has 0 bridgehead atoms. The predicted octanol–water partition coefficient (Wildman–Crippen LogP) is 1.55. The lowest BCUT2D eigenvalue weighted by atomic mass is 9.82. The van der Waals surface area contributed by atoms with Crippen molar-refractivity contribution >= 4 is 11.3 Å². The topological polar surface area (TPSA) is 51.8 Å². The Morgan fingerprint density at radius 2 is 2.14 bits per heavy atom. The number of alkyl halides is 2. The van der Waals surface area contributed by atoms with Crippen LogP contribution in [-0.2, 0) is 6.42 Å². The van der Waals surface area contributed by atoms with E-state index >= 15 is 0 Å². The summed E-state index contributed by atoms with van der Waals surface area (Å²) in [6, 6.07) is 0. The van der Waals surface area contributed by atoms with Crippen LogP contribution in [0.1, 0.15) is 28.8 Å². The van der Waals surface area contributed by atoms with E-state index in [9.17, 15) is 8.78 Å². The fraction of sp³-hybridized carbons (Fsp3) is 0.750. The molecule has 0 radical (unpaired) electrons. The number of rotatable bonds is 3. The SMILES string of the molecule is NCCc1nnc(C2CC(F)(F)C2)s1. The third-order valence-electron chi connectivity index (χ3n) is 2.28. The standard InChI is InChI=1S/C8H11F2N3S/c9-8(10)3-5(4-8)7-13-12-6(14-7)1-2-11/h5H,1-4,11H2. The summed E-state index contributed by atoms with van der Waals surface area (Å²) >= 11 is 1.41. The summed E-state index contributed by atoms with van der Waals surface area (Å²) in [6.07, 6.45) is 0.523. The molecule has 0 aromatic carbocycles. The van der Waals surface area contributed by atoms with Crippen LogP contribution in [0.25, 0.3) is 0 Å². The highest BCUT2D eigenvalue weighted by atomic mass is 32.1. The fourth-order valence-electron chi connectivity index (χ4n) is 1.49. The third-order valence-corrected chi connectivity index (χ3v) is 3.43. The number of halogens is 2. The second-order valence-electron chi connectivity index (χ2n) is 3.53. The van der Waals surface area contributed by atoms with Gasteiger partial charge < -0.3 is 5.73 Å². The third kappa shape index (κ3) is 1.90. The lowest BCUT2D eigenvalue weighted by Gasteiger charge is -2.32. The zero-order chi connectivity index (χ0) is 10.2. The van der Waals surface area contributed by atoms with Gasteiger partial charge in [-0.25, -0.2) is 8.78 Å². The van der Waals surface area contributed by atoms with E-state index in [0.29, 0.717) is 13.0 Å². The molecule has 0 amide bonds. The van der Waals surface area contributed by atoms with Crippen molar-refractivity contribution in [1.29, 1.82) is 0 Å². The first-order valence-corrected chi connectivity index (χ1v) is 5.32. The first-order valence-electron chi connectivity index (χ1n) is 4.51. The van der Waals surface area contributed by atoms with Crippen LogP contribution in [0.5, 0.6) is 0 Å². The molecule has 2 rings (SSSR count). The molecule has 0 spiro atoms. The average molecular weight is 219 g/mol. The molecule has 6 heteroatoms. The van der Waals surface area contributed by atoms with Gasteiger partial charge in [0.25, 0.3) is 0 Å². The predicted molar refractivity (Wildman–Crippen MR) is 49.6 cm³/mol. The maximum Gasteiger partial charge on any atom is 0.249 e. The van der Waals surface area contributed by atoms with Crippen LogP contribution in [0.15, 0.2) is 0 Å². The highest BCUT2D eigenvalue weighted by Crippen LogP contribution is 2.48. The number of hydrogen-bond acceptors (Lipinski definition) is 4. The average Bonchev–Trinajstić information content (AvgIpc) is 2.49. The number of nitrogens with two attached hydrogens (primary N) is 1. The molecule has 78 valence electrons. The Kier molecular flexibility index (Phi) is 2.48. The van der Waals surface area contributed by atoms with Crippen LogP contribution in [0.2, 0.25) is 0 Å². The summed E-state index contributed by atoms with van der Waals surface area (Å²) in [6.45, 7) is 0.523. The minimum Gasteiger partial charge on any atom is -0.330 e. The molecular formula is C8H11F2N3S. The van der Waals surface area contributed by atoms with Crippen LogP contribution in [-0.4, -0.2) is 22.7 Å². The number of hydrogen-bond donors (Lipinski definition) is 1. The van der Waals surface area contributed by atoms with E-state index in [2.05, 4.69) is 10.2 Å². The molecule has 0 aliphatic heterocycles. The summed E-state index contributed by atoms with van der Waals surface area (Å²) in [5, 5.41) is 9.38. The molecular weight excluding hydrogens is 208 g/mol. The zero-order valence-electron chi connectivity index (χ0n) is 7.54. The molecule has 0 saturated heterocycles. The molecule has 3 nitrogen and oxygen atoms in total. The molecule has 1 aliphatic rings. The quantitative estimate of drug-likeness (QED) is 0.839. The van der Waals surface area contributed by atoms with Gasteiger partial charge in [-0.15, -0.1) is 21.5 Å². The lowest BCUT2D eigenvalue weighted by Crippen LogP contribution is -2.33. The molecule has 0 atom stereocenters. The van der Waals surface area contributed by atoms with Crippen LogP contribution in [0.3, 0.4) is 0 Å². The Morgan fingerprint density at radius 1 is 1.43 bits per heavy atom. The van der Waals surface area contributed by atoms with Crippen LogP contribution in [0.4, 0.5) is 8.78 Å². The highest BCUT2D eigenvalue weighted by molar-refractivity contribution is 7.11. The monoisotopic (exact) mass is 219 g/mol. The van der Waals surface area contributed by atoms with E-state index in [1.165, 1.54) is 11.3 Å². The summed E-state index contributed by atoms with van der Waals surface area (Å²) in [5.74, 6) is -2.57. The fourth-order valence-corrected chi connectivity index (χ4v) is 2.45. The smallest absolute Gasteiger partial charge is 0.249 e. The van der Waals surface area contributed by atoms with E-state index in [4.69, 9.17) is 5.73 Å². The largest absolute Gasteiger partial charge is 0.330 e. The molecule has 1 aromatic rings. The van der Waals surface area contributed by atoms with Crippen molar-refractivity contribution in [3.63, 3.8) is 0 Å². The second-order valence-corrected chi connectivity index (χ2v) is 4.63. The van der Waals surface area contributed by atoms with Crippen molar-refractivity contribution in [2.45, 2.75) is 31.1 Å². The second kappa shape index (κ2) is 3.51. The first kappa shape index (κ1) is 9.92. The van der Waals surface area contributed by atoms with Gasteiger partial charge in [0.05, 0.1) is 0 Å². The Morgan fingerprint density at radius 3 is 2.71 bits per heavy atom. The summed E-state index contributed by atoms with van der Waals surface area (Å²) < 4.78 is 25.1. The maximum atomic E-state index is 12.6. The first-order chi connectivity index (χ1) is 6.61. The van der Waals surface area contributed by atoms with Crippen molar-refractivity contribution in [3.05, 3.63) is 10.0 Å². The molecule has 1 heterocycles. The number of aromatic nitrogens is 2. The molecule has 2 N–H and O–H groups in total. The van der Waals surface area contributed by atoms with Gasteiger partial charge in [-0.2, -0.15) is 0 Å². The summed E-state index contributed by atoms with van der Waals surface area (Å²) in [4.78, 5) is 0. The van der Waals surface area contributed by atoms with Gasteiger partial charge in [0.2, 0.25) is 5.92 Å². The minimum atomic E-state index is -2.48. The van der Waals surface area contributed by atoms with Gasteiger partial charge in [-0.1, -0.05) is 0 Å². The molecule has 1 fully saturated rings. The zero-order valence-corrected chi connectivity index (χ0v) is 8.36. The lowest BCUT2D eigenvalue weighted by molar-refractivity contribution is -0.0868. The normalized spacial score (nSPS) is 20.8. The van der Waals surface area contributed by atoms with E-state index in [1.54, 1.807) is 0 Å². The summed E-state index contributed by atoms with van der Waals surface area (Å²) in [7, 11) is 0. The maximum absolute atomic E-state index is 12.6. The molecule has 1 saturated carbocycles. The Balaban J connectivity index is 1.98. The van der Waals surface area contributed by atoms with Crippen molar-refractivity contribution in [1.82, 2.24) is 10.2 Å². The molecule has 0 unspecified atom stereocenters. The van der Waals surface area contributed by atoms with Crippen molar-refractivity contribution in [2.24, 2.45) is 5.73 Å². The van der Waals surface area contributed by atoms with Crippen molar-refractivity contribution in [2.75, 3.05) is 6.54 Å². The van der Waals surface area contributed by atoms with Gasteiger partial charge in [0, 0.05) is 25.2 Å². The highest BCUT2D eigenvalue weighted by Gasteiger charge is 2.47. The van der Waals surface area contributed by atoms with Gasteiger partial charge in [0.1, 0.15) is 10.0 Å². The van der Waals surface area contributed by atoms with E-state index in [-0.39, 0.29) is 18.8 Å². The van der Waals surface area contributed by atoms with Crippen LogP contribution in [0, 0.1) is 0 Å². The van der Waals surface area contributed by atoms with Crippen LogP contribution < -0.4 is 5.73 Å². The van der Waals surface area contributed by atoms with E-state index < -0.39 is 5.92 Å². The number of nitrogens with zero attached hydrogens (tertiary/aromatic N) is 2. The van der Waals surface area contributed by atoms with E-state index in [1.807, 2.05) is 0 Å². The van der Waals surface area contributed by atoms with E-state index in [0.717, 1.165) is 10.0 Å². The molecule has 1 aromatic heterocycles. The van der Waals surface area contributed by atoms with Crippen LogP contribution >= 0.6 is 11.3 Å². The Labute approximate surface area is 84.3 Å². The molecule has 1 aliphatic carbocycles. The summed E-state index contributed by atoms with van der Waals surface area (Å²) in [5.41, 5.74) is 5.35. The van der Waals surface area contributed by atoms with Crippen molar-refractivity contribution in [3.8, 4) is 0 Å². The minimum absolute atomic E-state index is 0.0791. The van der Waals surface area contributed by atoms with Crippen molar-refractivity contribution < 1.29 is 8.78 Å². The van der Waals surface area contributed by atoms with Gasteiger partial charge in [-0.3, -0.25) is 0 Å². The Bertz CT molecular complexity index is 318. The van der Waals surface area contributed by atoms with Gasteiger partial charge >= 0.3 is 0 Å². The van der Waals surface area contributed by atoms with Gasteiger partial charge in [-0.05, 0) is 6.54 Å².